The topological polar surface area (TPSA) is 12.0 Å². The van der Waals surface area contributed by atoms with E-state index in [4.69, 9.17) is 11.6 Å². The van der Waals surface area contributed by atoms with Gasteiger partial charge in [0.2, 0.25) is 0 Å². The summed E-state index contributed by atoms with van der Waals surface area (Å²) in [6, 6.07) is 10.8. The van der Waals surface area contributed by atoms with Crippen molar-refractivity contribution >= 4 is 44.6 Å². The SMILES string of the molecule is Clc1ccc(NC(c2cccs2)C2CC2)cc1Br. The first-order valence-electron chi connectivity index (χ1n) is 5.99. The fourth-order valence-electron chi connectivity index (χ4n) is 2.08. The van der Waals surface area contributed by atoms with Crippen molar-refractivity contribution < 1.29 is 0 Å². The molecule has 1 saturated carbocycles. The molecule has 2 aromatic rings. The summed E-state index contributed by atoms with van der Waals surface area (Å²) in [6.45, 7) is 0. The molecule has 0 amide bonds. The Hall–Kier alpha value is -0.510. The second-order valence-electron chi connectivity index (χ2n) is 4.60. The van der Waals surface area contributed by atoms with E-state index >= 15 is 0 Å². The molecular formula is C14H13BrClNS. The normalized spacial score (nSPS) is 16.6. The van der Waals surface area contributed by atoms with Crippen molar-refractivity contribution in [3.8, 4) is 0 Å². The summed E-state index contributed by atoms with van der Waals surface area (Å²) in [7, 11) is 0. The van der Waals surface area contributed by atoms with Gasteiger partial charge >= 0.3 is 0 Å². The van der Waals surface area contributed by atoms with Crippen molar-refractivity contribution in [1.29, 1.82) is 0 Å². The van der Waals surface area contributed by atoms with Crippen molar-refractivity contribution in [3.05, 3.63) is 50.1 Å². The van der Waals surface area contributed by atoms with Crippen LogP contribution in [-0.4, -0.2) is 0 Å². The summed E-state index contributed by atoms with van der Waals surface area (Å²) in [4.78, 5) is 1.42. The Kier molecular flexibility index (Phi) is 3.64. The smallest absolute Gasteiger partial charge is 0.0634 e. The fourth-order valence-corrected chi connectivity index (χ4v) is 3.45. The van der Waals surface area contributed by atoms with Gasteiger partial charge in [-0.1, -0.05) is 17.7 Å². The van der Waals surface area contributed by atoms with E-state index in [0.717, 1.165) is 21.1 Å². The lowest BCUT2D eigenvalue weighted by Crippen LogP contribution is -2.11. The first-order valence-corrected chi connectivity index (χ1v) is 8.04. The van der Waals surface area contributed by atoms with Crippen LogP contribution in [0.15, 0.2) is 40.2 Å². The number of thiophene rings is 1. The van der Waals surface area contributed by atoms with E-state index in [2.05, 4.69) is 38.8 Å². The monoisotopic (exact) mass is 341 g/mol. The van der Waals surface area contributed by atoms with E-state index in [0.29, 0.717) is 6.04 Å². The molecule has 0 aliphatic heterocycles. The molecule has 0 spiro atoms. The van der Waals surface area contributed by atoms with Gasteiger partial charge in [-0.15, -0.1) is 11.3 Å². The molecule has 1 aliphatic rings. The first-order chi connectivity index (χ1) is 8.74. The van der Waals surface area contributed by atoms with Crippen LogP contribution in [0.5, 0.6) is 0 Å². The van der Waals surface area contributed by atoms with Crippen LogP contribution in [0, 0.1) is 5.92 Å². The predicted octanol–water partition coefficient (Wildman–Crippen LogP) is 5.73. The van der Waals surface area contributed by atoms with Crippen molar-refractivity contribution in [2.24, 2.45) is 5.92 Å². The Morgan fingerprint density at radius 1 is 1.33 bits per heavy atom. The third-order valence-corrected chi connectivity index (χ3v) is 5.35. The van der Waals surface area contributed by atoms with E-state index < -0.39 is 0 Å². The van der Waals surface area contributed by atoms with Crippen LogP contribution in [-0.2, 0) is 0 Å². The number of hydrogen-bond donors (Lipinski definition) is 1. The maximum Gasteiger partial charge on any atom is 0.0634 e. The molecule has 18 heavy (non-hydrogen) atoms. The van der Waals surface area contributed by atoms with Crippen LogP contribution >= 0.6 is 38.9 Å². The van der Waals surface area contributed by atoms with Crippen molar-refractivity contribution in [3.63, 3.8) is 0 Å². The zero-order chi connectivity index (χ0) is 12.5. The molecule has 1 unspecified atom stereocenters. The number of anilines is 1. The molecule has 3 rings (SSSR count). The molecule has 1 atom stereocenters. The highest BCUT2D eigenvalue weighted by molar-refractivity contribution is 9.10. The highest BCUT2D eigenvalue weighted by Crippen LogP contribution is 2.44. The molecule has 1 fully saturated rings. The van der Waals surface area contributed by atoms with Gasteiger partial charge in [0.1, 0.15) is 0 Å². The Balaban J connectivity index is 1.82. The van der Waals surface area contributed by atoms with Gasteiger partial charge in [0.25, 0.3) is 0 Å². The van der Waals surface area contributed by atoms with Gasteiger partial charge in [0.15, 0.2) is 0 Å². The Bertz CT molecular complexity index is 537. The van der Waals surface area contributed by atoms with Crippen LogP contribution in [0.2, 0.25) is 5.02 Å². The summed E-state index contributed by atoms with van der Waals surface area (Å²) >= 11 is 11.3. The maximum atomic E-state index is 6.02. The number of hydrogen-bond acceptors (Lipinski definition) is 2. The van der Waals surface area contributed by atoms with Gasteiger partial charge in [-0.25, -0.2) is 0 Å². The Morgan fingerprint density at radius 2 is 2.17 bits per heavy atom. The molecule has 1 nitrogen and oxygen atoms in total. The predicted molar refractivity (Wildman–Crippen MR) is 82.6 cm³/mol. The van der Waals surface area contributed by atoms with Gasteiger partial charge in [-0.2, -0.15) is 0 Å². The molecule has 4 heteroatoms. The third kappa shape index (κ3) is 2.73. The van der Waals surface area contributed by atoms with Crippen molar-refractivity contribution in [2.45, 2.75) is 18.9 Å². The number of nitrogens with one attached hydrogen (secondary N) is 1. The zero-order valence-corrected chi connectivity index (χ0v) is 12.9. The standard InChI is InChI=1S/C14H13BrClNS/c15-11-8-10(5-6-12(11)16)17-14(9-3-4-9)13-2-1-7-18-13/h1-2,5-9,14,17H,3-4H2. The van der Waals surface area contributed by atoms with Gasteiger partial charge < -0.3 is 5.32 Å². The maximum absolute atomic E-state index is 6.02. The van der Waals surface area contributed by atoms with Crippen molar-refractivity contribution in [1.82, 2.24) is 0 Å². The Labute approximate surface area is 124 Å². The van der Waals surface area contributed by atoms with Gasteiger partial charge in [0, 0.05) is 15.0 Å². The average molecular weight is 343 g/mol. The first kappa shape index (κ1) is 12.5. The summed E-state index contributed by atoms with van der Waals surface area (Å²) in [5, 5.41) is 6.53. The molecule has 1 aliphatic carbocycles. The van der Waals surface area contributed by atoms with E-state index in [-0.39, 0.29) is 0 Å². The molecule has 0 saturated heterocycles. The van der Waals surface area contributed by atoms with E-state index in [1.54, 1.807) is 0 Å². The lowest BCUT2D eigenvalue weighted by atomic mass is 10.1. The summed E-state index contributed by atoms with van der Waals surface area (Å²) in [6.07, 6.45) is 2.65. The van der Waals surface area contributed by atoms with E-state index in [9.17, 15) is 0 Å². The number of rotatable bonds is 4. The largest absolute Gasteiger partial charge is 0.377 e. The van der Waals surface area contributed by atoms with E-state index in [1.165, 1.54) is 17.7 Å². The second kappa shape index (κ2) is 5.24. The number of benzene rings is 1. The van der Waals surface area contributed by atoms with Crippen LogP contribution in [0.3, 0.4) is 0 Å². The molecule has 1 heterocycles. The van der Waals surface area contributed by atoms with Gasteiger partial charge in [-0.05, 0) is 64.3 Å². The summed E-state index contributed by atoms with van der Waals surface area (Å²) < 4.78 is 0.940. The quantitative estimate of drug-likeness (QED) is 0.748. The lowest BCUT2D eigenvalue weighted by molar-refractivity contribution is 0.691. The van der Waals surface area contributed by atoms with Crippen molar-refractivity contribution in [2.75, 3.05) is 5.32 Å². The van der Waals surface area contributed by atoms with Crippen LogP contribution in [0.4, 0.5) is 5.69 Å². The lowest BCUT2D eigenvalue weighted by Gasteiger charge is -2.18. The minimum Gasteiger partial charge on any atom is -0.377 e. The number of halogens is 2. The minimum atomic E-state index is 0.443. The minimum absolute atomic E-state index is 0.443. The third-order valence-electron chi connectivity index (χ3n) is 3.18. The highest BCUT2D eigenvalue weighted by atomic mass is 79.9. The summed E-state index contributed by atoms with van der Waals surface area (Å²) in [5.41, 5.74) is 1.12. The average Bonchev–Trinajstić information content (AvgIpc) is 3.05. The molecule has 94 valence electrons. The molecular weight excluding hydrogens is 330 g/mol. The molecule has 0 bridgehead atoms. The van der Waals surface area contributed by atoms with Crippen LogP contribution in [0.1, 0.15) is 23.8 Å². The summed E-state index contributed by atoms with van der Waals surface area (Å²) in [5.74, 6) is 0.776. The van der Waals surface area contributed by atoms with Gasteiger partial charge in [-0.3, -0.25) is 0 Å². The Morgan fingerprint density at radius 3 is 2.78 bits per heavy atom. The molecule has 1 aromatic carbocycles. The fraction of sp³-hybridized carbons (Fsp3) is 0.286. The van der Waals surface area contributed by atoms with E-state index in [1.807, 2.05) is 29.5 Å². The van der Waals surface area contributed by atoms with Crippen LogP contribution < -0.4 is 5.32 Å². The molecule has 1 aromatic heterocycles. The molecule has 1 N–H and O–H groups in total. The van der Waals surface area contributed by atoms with Crippen LogP contribution in [0.25, 0.3) is 0 Å². The highest BCUT2D eigenvalue weighted by Gasteiger charge is 2.32. The molecule has 0 radical (unpaired) electrons. The zero-order valence-electron chi connectivity index (χ0n) is 9.70. The second-order valence-corrected chi connectivity index (χ2v) is 6.84. The van der Waals surface area contributed by atoms with Gasteiger partial charge in [0.05, 0.1) is 11.1 Å².